The molecule has 0 aromatic heterocycles. The molecular weight excluding hydrogens is 375 g/mol. The monoisotopic (exact) mass is 388 g/mol. The minimum Gasteiger partial charge on any atom is -0.371 e. The van der Waals surface area contributed by atoms with Gasteiger partial charge in [-0.2, -0.15) is 12.7 Å². The number of halogens is 2. The molecule has 0 bridgehead atoms. The summed E-state index contributed by atoms with van der Waals surface area (Å²) in [5.41, 5.74) is 0.820. The maximum absolute atomic E-state index is 12.2. The topological polar surface area (TPSA) is 75.7 Å². The lowest BCUT2D eigenvalue weighted by Crippen LogP contribution is -2.27. The van der Waals surface area contributed by atoms with Gasteiger partial charge in [0.2, 0.25) is 0 Å². The van der Waals surface area contributed by atoms with Crippen LogP contribution in [0, 0.1) is 0 Å². The second kappa shape index (κ2) is 7.40. The van der Waals surface area contributed by atoms with Crippen molar-refractivity contribution in [2.24, 2.45) is 0 Å². The highest BCUT2D eigenvalue weighted by molar-refractivity contribution is 7.84. The molecule has 0 saturated heterocycles. The van der Waals surface area contributed by atoms with Crippen LogP contribution in [0.2, 0.25) is 10.0 Å². The van der Waals surface area contributed by atoms with Crippen molar-refractivity contribution in [2.75, 3.05) is 19.4 Å². The van der Waals surface area contributed by atoms with E-state index in [1.54, 1.807) is 12.1 Å². The third-order valence-electron chi connectivity index (χ3n) is 2.94. The van der Waals surface area contributed by atoms with E-state index in [4.69, 9.17) is 27.4 Å². The summed E-state index contributed by atoms with van der Waals surface area (Å²) in [4.78, 5) is 12.2. The van der Waals surface area contributed by atoms with Gasteiger partial charge in [0, 0.05) is 25.3 Å². The van der Waals surface area contributed by atoms with E-state index in [1.165, 1.54) is 44.4 Å². The molecule has 6 nitrogen and oxygen atoms in total. The van der Waals surface area contributed by atoms with Crippen molar-refractivity contribution in [3.8, 4) is 5.75 Å². The number of nitrogens with one attached hydrogen (secondary N) is 1. The molecule has 0 aliphatic carbocycles. The molecule has 0 atom stereocenters. The van der Waals surface area contributed by atoms with Crippen LogP contribution in [-0.4, -0.2) is 32.7 Å². The van der Waals surface area contributed by atoms with Crippen LogP contribution in [-0.2, 0) is 10.3 Å². The van der Waals surface area contributed by atoms with Crippen LogP contribution < -0.4 is 9.50 Å². The number of hydrogen-bond acceptors (Lipinski definition) is 4. The van der Waals surface area contributed by atoms with Crippen molar-refractivity contribution in [3.05, 3.63) is 58.1 Å². The van der Waals surface area contributed by atoms with Gasteiger partial charge in [-0.25, -0.2) is 0 Å². The van der Waals surface area contributed by atoms with Gasteiger partial charge >= 0.3 is 10.3 Å². The molecule has 128 valence electrons. The van der Waals surface area contributed by atoms with Crippen LogP contribution in [0.25, 0.3) is 0 Å². The van der Waals surface area contributed by atoms with E-state index < -0.39 is 10.3 Å². The summed E-state index contributed by atoms with van der Waals surface area (Å²) in [7, 11) is -1.13. The fraction of sp³-hybridized carbons (Fsp3) is 0.133. The maximum atomic E-state index is 12.2. The summed E-state index contributed by atoms with van der Waals surface area (Å²) < 4.78 is 29.1. The quantitative estimate of drug-likeness (QED) is 0.850. The molecule has 9 heteroatoms. The van der Waals surface area contributed by atoms with Gasteiger partial charge in [-0.3, -0.25) is 4.79 Å². The normalized spacial score (nSPS) is 11.4. The lowest BCUT2D eigenvalue weighted by molar-refractivity contribution is 0.102. The first-order chi connectivity index (χ1) is 11.2. The van der Waals surface area contributed by atoms with E-state index in [0.717, 1.165) is 4.31 Å². The second-order valence-corrected chi connectivity index (χ2v) is 7.50. The molecule has 0 heterocycles. The van der Waals surface area contributed by atoms with Crippen molar-refractivity contribution in [1.82, 2.24) is 4.31 Å². The molecular formula is C15H14Cl2N2O4S. The molecule has 2 aromatic carbocycles. The third-order valence-corrected chi connectivity index (χ3v) is 4.98. The average Bonchev–Trinajstić information content (AvgIpc) is 2.51. The van der Waals surface area contributed by atoms with Crippen molar-refractivity contribution >= 4 is 45.1 Å². The summed E-state index contributed by atoms with van der Waals surface area (Å²) in [6.45, 7) is 0. The fourth-order valence-electron chi connectivity index (χ4n) is 1.64. The summed E-state index contributed by atoms with van der Waals surface area (Å²) in [5, 5.41) is 3.38. The van der Waals surface area contributed by atoms with Gasteiger partial charge in [0.1, 0.15) is 5.75 Å². The van der Waals surface area contributed by atoms with Gasteiger partial charge in [0.05, 0.1) is 10.0 Å². The predicted octanol–water partition coefficient (Wildman–Crippen LogP) is 3.43. The first-order valence-electron chi connectivity index (χ1n) is 6.67. The summed E-state index contributed by atoms with van der Waals surface area (Å²) >= 11 is 11.7. The number of nitrogens with zero attached hydrogens (tertiary/aromatic N) is 1. The molecule has 0 aliphatic rings. The molecule has 0 aliphatic heterocycles. The van der Waals surface area contributed by atoms with Gasteiger partial charge in [-0.15, -0.1) is 0 Å². The molecule has 1 N–H and O–H groups in total. The van der Waals surface area contributed by atoms with Crippen molar-refractivity contribution < 1.29 is 17.4 Å². The lowest BCUT2D eigenvalue weighted by atomic mass is 10.2. The molecule has 0 radical (unpaired) electrons. The smallest absolute Gasteiger partial charge is 0.371 e. The first kappa shape index (κ1) is 18.5. The van der Waals surface area contributed by atoms with Gasteiger partial charge in [-0.05, 0) is 42.5 Å². The van der Waals surface area contributed by atoms with Crippen LogP contribution in [0.15, 0.2) is 42.5 Å². The molecule has 1 amide bonds. The summed E-state index contributed by atoms with van der Waals surface area (Å²) in [6, 6.07) is 10.4. The SMILES string of the molecule is CN(C)S(=O)(=O)Oc1ccc(C(=O)Nc2ccc(Cl)c(Cl)c2)cc1. The van der Waals surface area contributed by atoms with E-state index >= 15 is 0 Å². The van der Waals surface area contributed by atoms with E-state index in [0.29, 0.717) is 21.3 Å². The number of rotatable bonds is 5. The van der Waals surface area contributed by atoms with Gasteiger partial charge in [0.15, 0.2) is 0 Å². The zero-order chi connectivity index (χ0) is 17.9. The van der Waals surface area contributed by atoms with Crippen molar-refractivity contribution in [2.45, 2.75) is 0 Å². The van der Waals surface area contributed by atoms with E-state index in [1.807, 2.05) is 0 Å². The van der Waals surface area contributed by atoms with E-state index in [2.05, 4.69) is 5.32 Å². The Bertz CT molecular complexity index is 852. The number of benzene rings is 2. The van der Waals surface area contributed by atoms with E-state index in [9.17, 15) is 13.2 Å². The molecule has 0 saturated carbocycles. The Morgan fingerprint density at radius 2 is 1.67 bits per heavy atom. The zero-order valence-electron chi connectivity index (χ0n) is 12.8. The van der Waals surface area contributed by atoms with Crippen molar-refractivity contribution in [1.29, 1.82) is 0 Å². The Balaban J connectivity index is 2.10. The zero-order valence-corrected chi connectivity index (χ0v) is 15.1. The van der Waals surface area contributed by atoms with Gasteiger partial charge in [0.25, 0.3) is 5.91 Å². The Morgan fingerprint density at radius 1 is 1.04 bits per heavy atom. The van der Waals surface area contributed by atoms with Gasteiger partial charge < -0.3 is 9.50 Å². The van der Waals surface area contributed by atoms with Crippen LogP contribution in [0.3, 0.4) is 0 Å². The summed E-state index contributed by atoms with van der Waals surface area (Å²) in [6.07, 6.45) is 0. The second-order valence-electron chi connectivity index (χ2n) is 4.93. The Morgan fingerprint density at radius 3 is 2.21 bits per heavy atom. The lowest BCUT2D eigenvalue weighted by Gasteiger charge is -2.12. The Hall–Kier alpha value is -1.80. The minimum absolute atomic E-state index is 0.106. The highest BCUT2D eigenvalue weighted by atomic mass is 35.5. The standard InChI is InChI=1S/C15H14Cl2N2O4S/c1-19(2)24(21,22)23-12-6-3-10(4-7-12)15(20)18-11-5-8-13(16)14(17)9-11/h3-9H,1-2H3,(H,18,20). The van der Waals surface area contributed by atoms with Crippen LogP contribution in [0.5, 0.6) is 5.75 Å². The van der Waals surface area contributed by atoms with Crippen LogP contribution in [0.1, 0.15) is 10.4 Å². The number of carbonyl (C=O) groups is 1. The number of anilines is 1. The molecule has 2 rings (SSSR count). The number of hydrogen-bond donors (Lipinski definition) is 1. The molecule has 2 aromatic rings. The minimum atomic E-state index is -3.84. The maximum Gasteiger partial charge on any atom is 0.384 e. The van der Waals surface area contributed by atoms with Crippen LogP contribution >= 0.6 is 23.2 Å². The highest BCUT2D eigenvalue weighted by Gasteiger charge is 2.16. The molecule has 0 fully saturated rings. The Labute approximate surface area is 150 Å². The molecule has 0 spiro atoms. The first-order valence-corrected chi connectivity index (χ1v) is 8.79. The highest BCUT2D eigenvalue weighted by Crippen LogP contribution is 2.25. The third kappa shape index (κ3) is 4.61. The Kier molecular flexibility index (Phi) is 5.71. The number of amides is 1. The average molecular weight is 389 g/mol. The van der Waals surface area contributed by atoms with E-state index in [-0.39, 0.29) is 11.7 Å². The predicted molar refractivity (Wildman–Crippen MR) is 94.1 cm³/mol. The van der Waals surface area contributed by atoms with Crippen molar-refractivity contribution in [3.63, 3.8) is 0 Å². The summed E-state index contributed by atoms with van der Waals surface area (Å²) in [5.74, 6) is -0.273. The molecule has 24 heavy (non-hydrogen) atoms. The number of carbonyl (C=O) groups excluding carboxylic acids is 1. The fourth-order valence-corrected chi connectivity index (χ4v) is 2.44. The largest absolute Gasteiger partial charge is 0.384 e. The molecule has 0 unspecified atom stereocenters. The van der Waals surface area contributed by atoms with Crippen LogP contribution in [0.4, 0.5) is 5.69 Å². The van der Waals surface area contributed by atoms with Gasteiger partial charge in [-0.1, -0.05) is 23.2 Å².